The summed E-state index contributed by atoms with van der Waals surface area (Å²) in [5.41, 5.74) is 1.73. The van der Waals surface area contributed by atoms with Gasteiger partial charge in [-0.2, -0.15) is 0 Å². The van der Waals surface area contributed by atoms with Crippen molar-refractivity contribution in [3.05, 3.63) is 83.8 Å². The number of carbonyl (C=O) groups excluding carboxylic acids is 1. The highest BCUT2D eigenvalue weighted by atomic mass is 16.5. The first kappa shape index (κ1) is 19.5. The van der Waals surface area contributed by atoms with Crippen LogP contribution in [0.3, 0.4) is 0 Å². The number of unbranched alkanes of at least 4 members (excludes halogenated alkanes) is 1. The van der Waals surface area contributed by atoms with Crippen LogP contribution in [0, 0.1) is 6.92 Å². The molecule has 1 aromatic heterocycles. The molecular formula is C23H25NO4. The van der Waals surface area contributed by atoms with Gasteiger partial charge in [-0.05, 0) is 55.7 Å². The number of benzene rings is 2. The summed E-state index contributed by atoms with van der Waals surface area (Å²) in [5.74, 6) is 2.16. The third-order valence-electron chi connectivity index (χ3n) is 4.30. The van der Waals surface area contributed by atoms with Crippen LogP contribution >= 0.6 is 0 Å². The molecule has 0 bridgehead atoms. The molecule has 0 saturated heterocycles. The number of ether oxygens (including phenoxy) is 2. The molecule has 146 valence electrons. The van der Waals surface area contributed by atoms with Gasteiger partial charge in [0.05, 0.1) is 18.4 Å². The lowest BCUT2D eigenvalue weighted by molar-refractivity contribution is 0.0951. The van der Waals surface area contributed by atoms with Crippen molar-refractivity contribution in [2.45, 2.75) is 26.4 Å². The molecule has 5 heteroatoms. The largest absolute Gasteiger partial charge is 0.494 e. The Kier molecular flexibility index (Phi) is 7.13. The molecule has 0 aliphatic rings. The number of amides is 1. The van der Waals surface area contributed by atoms with E-state index in [4.69, 9.17) is 13.9 Å². The molecule has 3 aromatic rings. The predicted molar refractivity (Wildman–Crippen MR) is 108 cm³/mol. The maximum Gasteiger partial charge on any atom is 0.254 e. The maximum atomic E-state index is 11.9. The van der Waals surface area contributed by atoms with Gasteiger partial charge in [0.25, 0.3) is 5.91 Å². The number of hydrogen-bond donors (Lipinski definition) is 1. The Hall–Kier alpha value is -3.21. The smallest absolute Gasteiger partial charge is 0.254 e. The predicted octanol–water partition coefficient (Wildman–Crippen LogP) is 4.76. The summed E-state index contributed by atoms with van der Waals surface area (Å²) < 4.78 is 16.6. The van der Waals surface area contributed by atoms with E-state index in [0.717, 1.165) is 29.9 Å². The van der Waals surface area contributed by atoms with E-state index < -0.39 is 0 Å². The van der Waals surface area contributed by atoms with Crippen LogP contribution in [0.4, 0.5) is 0 Å². The zero-order valence-electron chi connectivity index (χ0n) is 16.0. The second kappa shape index (κ2) is 10.2. The van der Waals surface area contributed by atoms with Crippen LogP contribution < -0.4 is 14.8 Å². The summed E-state index contributed by atoms with van der Waals surface area (Å²) in [6.45, 7) is 3.54. The van der Waals surface area contributed by atoms with Gasteiger partial charge in [0.2, 0.25) is 0 Å². The van der Waals surface area contributed by atoms with Gasteiger partial charge in [-0.25, -0.2) is 0 Å². The Labute approximate surface area is 165 Å². The van der Waals surface area contributed by atoms with E-state index in [9.17, 15) is 4.79 Å². The molecule has 1 amide bonds. The third-order valence-corrected chi connectivity index (χ3v) is 4.30. The summed E-state index contributed by atoms with van der Waals surface area (Å²) in [7, 11) is 0. The molecule has 0 fully saturated rings. The number of nitrogens with one attached hydrogen (secondary N) is 1. The second-order valence-corrected chi connectivity index (χ2v) is 6.45. The molecule has 0 radical (unpaired) electrons. The number of furan rings is 1. The van der Waals surface area contributed by atoms with E-state index in [-0.39, 0.29) is 5.91 Å². The Bertz CT molecular complexity index is 856. The van der Waals surface area contributed by atoms with Gasteiger partial charge in [-0.3, -0.25) is 4.79 Å². The molecule has 28 heavy (non-hydrogen) atoms. The van der Waals surface area contributed by atoms with Crippen molar-refractivity contribution in [3.63, 3.8) is 0 Å². The van der Waals surface area contributed by atoms with Gasteiger partial charge in [0, 0.05) is 6.54 Å². The van der Waals surface area contributed by atoms with Crippen LogP contribution in [0.25, 0.3) is 0 Å². The van der Waals surface area contributed by atoms with Gasteiger partial charge in [0.15, 0.2) is 0 Å². The lowest BCUT2D eigenvalue weighted by atomic mass is 10.2. The molecule has 0 aliphatic heterocycles. The van der Waals surface area contributed by atoms with Gasteiger partial charge in [-0.15, -0.1) is 0 Å². The molecule has 1 heterocycles. The summed E-state index contributed by atoms with van der Waals surface area (Å²) in [5, 5.41) is 2.89. The first-order chi connectivity index (χ1) is 13.7. The molecule has 0 unspecified atom stereocenters. The molecule has 0 atom stereocenters. The molecule has 0 saturated carbocycles. The minimum absolute atomic E-state index is 0.0988. The number of carbonyl (C=O) groups is 1. The highest BCUT2D eigenvalue weighted by Gasteiger charge is 2.10. The lowest BCUT2D eigenvalue weighted by Crippen LogP contribution is -2.24. The summed E-state index contributed by atoms with van der Waals surface area (Å²) in [6.07, 6.45) is 3.23. The van der Waals surface area contributed by atoms with Crippen LogP contribution in [0.15, 0.2) is 71.3 Å². The van der Waals surface area contributed by atoms with E-state index >= 15 is 0 Å². The van der Waals surface area contributed by atoms with Crippen LogP contribution in [-0.4, -0.2) is 19.1 Å². The van der Waals surface area contributed by atoms with Crippen LogP contribution in [0.2, 0.25) is 0 Å². The minimum atomic E-state index is -0.0988. The van der Waals surface area contributed by atoms with E-state index in [1.165, 1.54) is 6.26 Å². The number of aryl methyl sites for hydroxylation is 1. The van der Waals surface area contributed by atoms with Crippen molar-refractivity contribution >= 4 is 5.91 Å². The lowest BCUT2D eigenvalue weighted by Gasteiger charge is -2.09. The van der Waals surface area contributed by atoms with Crippen molar-refractivity contribution in [1.29, 1.82) is 0 Å². The number of rotatable bonds is 10. The van der Waals surface area contributed by atoms with E-state index in [1.54, 1.807) is 13.0 Å². The molecule has 5 nitrogen and oxygen atoms in total. The van der Waals surface area contributed by atoms with Gasteiger partial charge < -0.3 is 19.2 Å². The molecule has 0 aliphatic carbocycles. The normalized spacial score (nSPS) is 10.5. The van der Waals surface area contributed by atoms with E-state index in [2.05, 4.69) is 5.32 Å². The highest BCUT2D eigenvalue weighted by molar-refractivity contribution is 5.94. The maximum absolute atomic E-state index is 11.9. The van der Waals surface area contributed by atoms with Crippen molar-refractivity contribution in [2.75, 3.05) is 13.2 Å². The molecular weight excluding hydrogens is 354 g/mol. The average molecular weight is 379 g/mol. The zero-order chi connectivity index (χ0) is 19.6. The molecule has 2 aromatic carbocycles. The van der Waals surface area contributed by atoms with Crippen LogP contribution in [-0.2, 0) is 6.61 Å². The van der Waals surface area contributed by atoms with Gasteiger partial charge in [0.1, 0.15) is 23.9 Å². The quantitative estimate of drug-likeness (QED) is 0.516. The SMILES string of the molecule is Cc1occc1C(=O)NCCCCOc1ccc(OCc2ccccc2)cc1. The summed E-state index contributed by atoms with van der Waals surface area (Å²) >= 11 is 0. The average Bonchev–Trinajstić information content (AvgIpc) is 3.16. The summed E-state index contributed by atoms with van der Waals surface area (Å²) in [4.78, 5) is 11.9. The van der Waals surface area contributed by atoms with E-state index in [1.807, 2.05) is 54.6 Å². The Morgan fingerprint density at radius 3 is 2.32 bits per heavy atom. The molecule has 1 N–H and O–H groups in total. The van der Waals surface area contributed by atoms with Crippen LogP contribution in [0.1, 0.15) is 34.5 Å². The molecule has 3 rings (SSSR count). The van der Waals surface area contributed by atoms with Gasteiger partial charge in [-0.1, -0.05) is 30.3 Å². The third kappa shape index (κ3) is 5.91. The number of hydrogen-bond acceptors (Lipinski definition) is 4. The summed E-state index contributed by atoms with van der Waals surface area (Å²) in [6, 6.07) is 19.4. The topological polar surface area (TPSA) is 60.7 Å². The highest BCUT2D eigenvalue weighted by Crippen LogP contribution is 2.19. The van der Waals surface area contributed by atoms with Crippen LogP contribution in [0.5, 0.6) is 11.5 Å². The van der Waals surface area contributed by atoms with Crippen molar-refractivity contribution in [1.82, 2.24) is 5.32 Å². The monoisotopic (exact) mass is 379 g/mol. The first-order valence-electron chi connectivity index (χ1n) is 9.44. The fourth-order valence-corrected chi connectivity index (χ4v) is 2.71. The van der Waals surface area contributed by atoms with Gasteiger partial charge >= 0.3 is 0 Å². The first-order valence-corrected chi connectivity index (χ1v) is 9.44. The Morgan fingerprint density at radius 2 is 1.64 bits per heavy atom. The Balaban J connectivity index is 1.30. The van der Waals surface area contributed by atoms with E-state index in [0.29, 0.717) is 31.1 Å². The van der Waals surface area contributed by atoms with Crippen molar-refractivity contribution < 1.29 is 18.7 Å². The van der Waals surface area contributed by atoms with Crippen molar-refractivity contribution in [3.8, 4) is 11.5 Å². The molecule has 0 spiro atoms. The standard InChI is InChI=1S/C23H25NO4/c1-18-22(13-16-26-18)23(25)24-14-5-6-15-27-20-9-11-21(12-10-20)28-17-19-7-3-2-4-8-19/h2-4,7-13,16H,5-6,14-15,17H2,1H3,(H,24,25). The Morgan fingerprint density at radius 1 is 0.929 bits per heavy atom. The zero-order valence-corrected chi connectivity index (χ0v) is 16.0. The fraction of sp³-hybridized carbons (Fsp3) is 0.261. The fourth-order valence-electron chi connectivity index (χ4n) is 2.71. The van der Waals surface area contributed by atoms with Crippen molar-refractivity contribution in [2.24, 2.45) is 0 Å². The minimum Gasteiger partial charge on any atom is -0.494 e. The second-order valence-electron chi connectivity index (χ2n) is 6.45.